The lowest BCUT2D eigenvalue weighted by molar-refractivity contribution is -0.115. The maximum absolute atomic E-state index is 13.6. The highest BCUT2D eigenvalue weighted by atomic mass is 32.2. The minimum Gasteiger partial charge on any atom is -0.504 e. The van der Waals surface area contributed by atoms with E-state index in [2.05, 4.69) is 15.0 Å². The Morgan fingerprint density at radius 3 is 2.40 bits per heavy atom. The van der Waals surface area contributed by atoms with Gasteiger partial charge in [0, 0.05) is 11.3 Å². The molecule has 0 unspecified atom stereocenters. The molecule has 9 nitrogen and oxygen atoms in total. The number of amides is 2. The van der Waals surface area contributed by atoms with Crippen LogP contribution in [0.15, 0.2) is 77.4 Å². The Morgan fingerprint density at radius 1 is 1.10 bits per heavy atom. The highest BCUT2D eigenvalue weighted by Gasteiger charge is 2.34. The molecule has 0 aromatic heterocycles. The first-order valence-electron chi connectivity index (χ1n) is 12.8. The number of nitrogens with zero attached hydrogens (tertiary/aromatic N) is 2. The minimum atomic E-state index is -3.00. The standard InChI is InChI=1S/C30H27F2N3O6S/c1-4-40-26-16-19(5-14-25(26)37)15-24-28(39)35(22-10-12-23(13-11-22)41-29(31)32)30(34-24)42-18(3)27(38)33-21-8-6-20(7-9-21)17(2)36/h5-16,18,29,37H,4H2,1-3H3,(H,33,38)/b24-15+/t18-/m0/s1. The Labute approximate surface area is 244 Å². The Kier molecular flexibility index (Phi) is 9.58. The molecule has 1 atom stereocenters. The van der Waals surface area contributed by atoms with Crippen LogP contribution in [0.1, 0.15) is 36.7 Å². The summed E-state index contributed by atoms with van der Waals surface area (Å²) in [5.41, 5.74) is 1.91. The number of ketones is 1. The van der Waals surface area contributed by atoms with Crippen LogP contribution >= 0.6 is 11.8 Å². The van der Waals surface area contributed by atoms with Crippen LogP contribution in [-0.2, 0) is 9.59 Å². The predicted octanol–water partition coefficient (Wildman–Crippen LogP) is 6.10. The largest absolute Gasteiger partial charge is 0.504 e. The third-order valence-electron chi connectivity index (χ3n) is 5.95. The molecule has 0 aliphatic carbocycles. The predicted molar refractivity (Wildman–Crippen MR) is 157 cm³/mol. The van der Waals surface area contributed by atoms with Gasteiger partial charge in [-0.05, 0) is 93.1 Å². The maximum Gasteiger partial charge on any atom is 0.387 e. The number of ether oxygens (including phenoxy) is 2. The van der Waals surface area contributed by atoms with Gasteiger partial charge in [-0.15, -0.1) is 0 Å². The van der Waals surface area contributed by atoms with E-state index in [4.69, 9.17) is 4.74 Å². The van der Waals surface area contributed by atoms with Crippen LogP contribution in [0.5, 0.6) is 17.2 Å². The van der Waals surface area contributed by atoms with Gasteiger partial charge in [-0.1, -0.05) is 17.8 Å². The number of alkyl halides is 2. The molecule has 0 spiro atoms. The third-order valence-corrected chi connectivity index (χ3v) is 7.00. The van der Waals surface area contributed by atoms with Crippen molar-refractivity contribution in [1.82, 2.24) is 0 Å². The molecule has 2 amide bonds. The number of amidine groups is 1. The number of hydrogen-bond donors (Lipinski definition) is 2. The van der Waals surface area contributed by atoms with Gasteiger partial charge in [-0.2, -0.15) is 8.78 Å². The van der Waals surface area contributed by atoms with Crippen molar-refractivity contribution in [1.29, 1.82) is 0 Å². The maximum atomic E-state index is 13.6. The number of phenols is 1. The molecule has 4 rings (SSSR count). The molecule has 0 bridgehead atoms. The zero-order valence-corrected chi connectivity index (χ0v) is 23.7. The summed E-state index contributed by atoms with van der Waals surface area (Å²) in [5, 5.41) is 12.3. The van der Waals surface area contributed by atoms with Crippen LogP contribution in [0.3, 0.4) is 0 Å². The van der Waals surface area contributed by atoms with Crippen molar-refractivity contribution >= 4 is 52.0 Å². The fourth-order valence-electron chi connectivity index (χ4n) is 3.87. The van der Waals surface area contributed by atoms with E-state index in [0.717, 1.165) is 11.8 Å². The number of carbonyl (C=O) groups excluding carboxylic acids is 3. The van der Waals surface area contributed by atoms with Gasteiger partial charge < -0.3 is 19.9 Å². The lowest BCUT2D eigenvalue weighted by Crippen LogP contribution is -2.33. The van der Waals surface area contributed by atoms with Crippen molar-refractivity contribution in [3.05, 3.63) is 83.6 Å². The number of hydrogen-bond acceptors (Lipinski definition) is 8. The van der Waals surface area contributed by atoms with E-state index in [1.54, 1.807) is 50.2 Å². The molecule has 3 aromatic carbocycles. The molecule has 3 aromatic rings. The second kappa shape index (κ2) is 13.3. The van der Waals surface area contributed by atoms with Crippen LogP contribution in [0.25, 0.3) is 6.08 Å². The highest BCUT2D eigenvalue weighted by Crippen LogP contribution is 2.34. The molecule has 0 saturated carbocycles. The summed E-state index contributed by atoms with van der Waals surface area (Å²) >= 11 is 1.02. The second-order valence-corrected chi connectivity index (χ2v) is 10.3. The SMILES string of the molecule is CCOc1cc(/C=C2/N=C(S[C@@H](C)C(=O)Nc3ccc(C(C)=O)cc3)N(c3ccc(OC(F)F)cc3)C2=O)ccc1O. The Morgan fingerprint density at radius 2 is 1.79 bits per heavy atom. The van der Waals surface area contributed by atoms with Gasteiger partial charge in [0.25, 0.3) is 5.91 Å². The number of anilines is 2. The number of carbonyl (C=O) groups is 3. The lowest BCUT2D eigenvalue weighted by Gasteiger charge is -2.20. The van der Waals surface area contributed by atoms with Crippen molar-refractivity contribution in [3.63, 3.8) is 0 Å². The average Bonchev–Trinajstić information content (AvgIpc) is 3.24. The molecule has 42 heavy (non-hydrogen) atoms. The number of thioether (sulfide) groups is 1. The van der Waals surface area contributed by atoms with E-state index in [0.29, 0.717) is 29.1 Å². The Balaban J connectivity index is 1.62. The van der Waals surface area contributed by atoms with Gasteiger partial charge in [-0.3, -0.25) is 19.3 Å². The number of phenolic OH excluding ortho intramolecular Hbond substituents is 1. The van der Waals surface area contributed by atoms with Crippen molar-refractivity contribution < 1.29 is 37.7 Å². The Bertz CT molecular complexity index is 1540. The first-order chi connectivity index (χ1) is 20.0. The van der Waals surface area contributed by atoms with E-state index in [1.807, 2.05) is 0 Å². The molecular formula is C30H27F2N3O6S. The first-order valence-corrected chi connectivity index (χ1v) is 13.7. The smallest absolute Gasteiger partial charge is 0.387 e. The van der Waals surface area contributed by atoms with Crippen LogP contribution in [-0.4, -0.2) is 46.3 Å². The van der Waals surface area contributed by atoms with Gasteiger partial charge in [0.2, 0.25) is 5.91 Å². The number of rotatable bonds is 10. The summed E-state index contributed by atoms with van der Waals surface area (Å²) in [5.74, 6) is -0.885. The summed E-state index contributed by atoms with van der Waals surface area (Å²) in [6.45, 7) is 2.18. The fraction of sp³-hybridized carbons (Fsp3) is 0.200. The number of benzene rings is 3. The van der Waals surface area contributed by atoms with Crippen molar-refractivity contribution in [2.45, 2.75) is 32.6 Å². The quantitative estimate of drug-likeness (QED) is 0.215. The third kappa shape index (κ3) is 7.32. The summed E-state index contributed by atoms with van der Waals surface area (Å²) in [4.78, 5) is 43.9. The summed E-state index contributed by atoms with van der Waals surface area (Å²) in [7, 11) is 0. The summed E-state index contributed by atoms with van der Waals surface area (Å²) in [6, 6.07) is 16.5. The van der Waals surface area contributed by atoms with Gasteiger partial charge in [0.1, 0.15) is 11.4 Å². The van der Waals surface area contributed by atoms with E-state index < -0.39 is 17.8 Å². The summed E-state index contributed by atoms with van der Waals surface area (Å²) in [6.07, 6.45) is 1.51. The molecule has 12 heteroatoms. The second-order valence-electron chi connectivity index (χ2n) is 8.98. The normalized spacial score (nSPS) is 14.6. The van der Waals surface area contributed by atoms with Gasteiger partial charge in [0.15, 0.2) is 22.4 Å². The van der Waals surface area contributed by atoms with Crippen molar-refractivity contribution in [2.24, 2.45) is 4.99 Å². The highest BCUT2D eigenvalue weighted by molar-refractivity contribution is 8.15. The van der Waals surface area contributed by atoms with E-state index in [1.165, 1.54) is 48.2 Å². The van der Waals surface area contributed by atoms with Crippen LogP contribution in [0.2, 0.25) is 0 Å². The zero-order chi connectivity index (χ0) is 30.4. The average molecular weight is 596 g/mol. The molecular weight excluding hydrogens is 568 g/mol. The molecule has 218 valence electrons. The molecule has 2 N–H and O–H groups in total. The monoisotopic (exact) mass is 595 g/mol. The van der Waals surface area contributed by atoms with E-state index in [9.17, 15) is 28.3 Å². The van der Waals surface area contributed by atoms with Crippen LogP contribution < -0.4 is 19.7 Å². The molecule has 1 aliphatic heterocycles. The number of aliphatic imine (C=N–C) groups is 1. The van der Waals surface area contributed by atoms with Gasteiger partial charge in [0.05, 0.1) is 17.5 Å². The first kappa shape index (κ1) is 30.3. The number of Topliss-reactive ketones (excluding diaryl/α,β-unsaturated/α-hetero) is 1. The Hall–Kier alpha value is -4.71. The molecule has 1 aliphatic rings. The molecule has 0 fully saturated rings. The number of aromatic hydroxyl groups is 1. The van der Waals surface area contributed by atoms with E-state index in [-0.39, 0.29) is 39.8 Å². The summed E-state index contributed by atoms with van der Waals surface area (Å²) < 4.78 is 35.1. The van der Waals surface area contributed by atoms with Gasteiger partial charge >= 0.3 is 6.61 Å². The van der Waals surface area contributed by atoms with Crippen LogP contribution in [0, 0.1) is 0 Å². The fourth-order valence-corrected chi connectivity index (χ4v) is 4.80. The zero-order valence-electron chi connectivity index (χ0n) is 22.8. The van der Waals surface area contributed by atoms with Crippen molar-refractivity contribution in [2.75, 3.05) is 16.8 Å². The minimum absolute atomic E-state index is 0.0472. The topological polar surface area (TPSA) is 118 Å². The number of nitrogens with one attached hydrogen (secondary N) is 1. The molecule has 0 radical (unpaired) electrons. The number of halogens is 2. The molecule has 0 saturated heterocycles. The van der Waals surface area contributed by atoms with Crippen molar-refractivity contribution in [3.8, 4) is 17.2 Å². The van der Waals surface area contributed by atoms with Crippen LogP contribution in [0.4, 0.5) is 20.2 Å². The van der Waals surface area contributed by atoms with E-state index >= 15 is 0 Å². The van der Waals surface area contributed by atoms with Gasteiger partial charge in [-0.25, -0.2) is 4.99 Å². The lowest BCUT2D eigenvalue weighted by atomic mass is 10.1. The molecule has 1 heterocycles.